The van der Waals surface area contributed by atoms with Gasteiger partial charge in [0.1, 0.15) is 5.75 Å². The second-order valence-electron chi connectivity index (χ2n) is 11.1. The fourth-order valence-corrected chi connectivity index (χ4v) is 6.67. The highest BCUT2D eigenvalue weighted by Gasteiger charge is 2.51. The van der Waals surface area contributed by atoms with Crippen LogP contribution in [0.1, 0.15) is 62.7 Å². The van der Waals surface area contributed by atoms with Gasteiger partial charge in [-0.25, -0.2) is 4.79 Å². The normalized spacial score (nSPS) is 27.1. The molecule has 0 radical (unpaired) electrons. The lowest BCUT2D eigenvalue weighted by atomic mass is 9.50. The lowest BCUT2D eigenvalue weighted by Crippen LogP contribution is -2.49. The third-order valence-corrected chi connectivity index (χ3v) is 7.61. The van der Waals surface area contributed by atoms with E-state index < -0.39 is 23.9 Å². The molecule has 5 nitrogen and oxygen atoms in total. The first-order valence-electron chi connectivity index (χ1n) is 12.5. The Balaban J connectivity index is 1.32. The Bertz CT molecular complexity index is 1060. The molecule has 0 heterocycles. The highest BCUT2D eigenvalue weighted by Crippen LogP contribution is 2.60. The molecule has 0 saturated heterocycles. The van der Waals surface area contributed by atoms with Crippen molar-refractivity contribution in [3.8, 4) is 17.2 Å². The number of esters is 1. The molecule has 2 aromatic rings. The number of carbonyl (C=O) groups is 1. The minimum absolute atomic E-state index is 0.0280. The Morgan fingerprint density at radius 3 is 2.08 bits per heavy atom. The van der Waals surface area contributed by atoms with Crippen molar-refractivity contribution in [1.82, 2.24) is 0 Å². The summed E-state index contributed by atoms with van der Waals surface area (Å²) < 4.78 is 60.9. The molecule has 4 saturated carbocycles. The summed E-state index contributed by atoms with van der Waals surface area (Å²) in [6.07, 6.45) is 2.42. The zero-order valence-electron chi connectivity index (χ0n) is 20.5. The van der Waals surface area contributed by atoms with Crippen molar-refractivity contribution >= 4 is 5.97 Å². The topological polar surface area (TPSA) is 54.0 Å². The molecular weight excluding hydrogens is 473 g/mol. The van der Waals surface area contributed by atoms with Gasteiger partial charge >= 0.3 is 12.3 Å². The molecule has 2 aromatic carbocycles. The van der Waals surface area contributed by atoms with Crippen LogP contribution in [0.2, 0.25) is 0 Å². The van der Waals surface area contributed by atoms with Crippen LogP contribution in [0.4, 0.5) is 13.2 Å². The molecule has 0 spiro atoms. The molecule has 4 fully saturated rings. The highest BCUT2D eigenvalue weighted by atomic mass is 19.4. The second-order valence-corrected chi connectivity index (χ2v) is 11.1. The van der Waals surface area contributed by atoms with Crippen LogP contribution >= 0.6 is 0 Å². The molecule has 0 unspecified atom stereocenters. The summed E-state index contributed by atoms with van der Waals surface area (Å²) in [5.41, 5.74) is 0.141. The van der Waals surface area contributed by atoms with Crippen LogP contribution in [0.15, 0.2) is 48.5 Å². The van der Waals surface area contributed by atoms with Crippen LogP contribution in [0, 0.1) is 23.2 Å². The Morgan fingerprint density at radius 1 is 0.889 bits per heavy atom. The molecule has 4 bridgehead atoms. The summed E-state index contributed by atoms with van der Waals surface area (Å²) in [5.74, 6) is -0.184. The Hall–Kier alpha value is -2.74. The van der Waals surface area contributed by atoms with Gasteiger partial charge in [-0.2, -0.15) is 0 Å². The molecule has 0 amide bonds. The minimum atomic E-state index is -4.92. The maximum atomic E-state index is 13.1. The Kier molecular flexibility index (Phi) is 6.43. The summed E-state index contributed by atoms with van der Waals surface area (Å²) in [6, 6.07) is 11.9. The van der Waals surface area contributed by atoms with E-state index in [0.717, 1.165) is 43.1 Å². The third kappa shape index (κ3) is 5.80. The van der Waals surface area contributed by atoms with Gasteiger partial charge in [0, 0.05) is 13.8 Å². The monoisotopic (exact) mass is 504 g/mol. The summed E-state index contributed by atoms with van der Waals surface area (Å²) in [6.45, 7) is 3.83. The maximum absolute atomic E-state index is 13.1. The Morgan fingerprint density at radius 2 is 1.50 bits per heavy atom. The summed E-state index contributed by atoms with van der Waals surface area (Å²) in [5, 5.41) is 0. The van der Waals surface area contributed by atoms with Crippen molar-refractivity contribution < 1.29 is 36.9 Å². The highest BCUT2D eigenvalue weighted by molar-refractivity contribution is 5.91. The minimum Gasteiger partial charge on any atom is -0.459 e. The lowest BCUT2D eigenvalue weighted by Gasteiger charge is -2.57. The van der Waals surface area contributed by atoms with Gasteiger partial charge in [0.05, 0.1) is 12.2 Å². The van der Waals surface area contributed by atoms with Gasteiger partial charge in [0.2, 0.25) is 5.79 Å². The average Bonchev–Trinajstić information content (AvgIpc) is 2.78. The van der Waals surface area contributed by atoms with E-state index in [4.69, 9.17) is 14.2 Å². The van der Waals surface area contributed by atoms with Gasteiger partial charge in [-0.05, 0) is 92.0 Å². The van der Waals surface area contributed by atoms with Gasteiger partial charge < -0.3 is 18.9 Å². The van der Waals surface area contributed by atoms with Crippen molar-refractivity contribution in [2.24, 2.45) is 23.2 Å². The van der Waals surface area contributed by atoms with Crippen molar-refractivity contribution in [2.75, 3.05) is 6.61 Å². The van der Waals surface area contributed by atoms with Gasteiger partial charge in [0.15, 0.2) is 11.5 Å². The standard InChI is InChI=1S/C28H31F3O5/c1-26(2,33-17-27-14-18-10-19(15-27)12-20(11-18)16-27)35-24-13-21(8-9-23(24)36-28(29,30)31)25(32)34-22-6-4-3-5-7-22/h3-9,13,18-20H,10-12,14-17H2,1-2H3. The van der Waals surface area contributed by atoms with E-state index in [-0.39, 0.29) is 16.7 Å². The molecule has 194 valence electrons. The number of halogens is 3. The molecule has 6 rings (SSSR count). The fraction of sp³-hybridized carbons (Fsp3) is 0.536. The largest absolute Gasteiger partial charge is 0.573 e. The molecule has 0 atom stereocenters. The van der Waals surface area contributed by atoms with E-state index in [9.17, 15) is 18.0 Å². The summed E-state index contributed by atoms with van der Waals surface area (Å²) >= 11 is 0. The summed E-state index contributed by atoms with van der Waals surface area (Å²) in [7, 11) is 0. The smallest absolute Gasteiger partial charge is 0.459 e. The number of ether oxygens (including phenoxy) is 4. The second kappa shape index (κ2) is 9.29. The zero-order valence-corrected chi connectivity index (χ0v) is 20.5. The van der Waals surface area contributed by atoms with Crippen LogP contribution in [0.5, 0.6) is 17.2 Å². The first kappa shape index (κ1) is 24.9. The molecule has 0 aliphatic heterocycles. The number of hydrogen-bond acceptors (Lipinski definition) is 5. The van der Waals surface area contributed by atoms with Crippen molar-refractivity contribution in [2.45, 2.75) is 64.5 Å². The number of hydrogen-bond donors (Lipinski definition) is 0. The lowest BCUT2D eigenvalue weighted by molar-refractivity contribution is -0.276. The predicted octanol–water partition coefficient (Wildman–Crippen LogP) is 7.15. The zero-order chi connectivity index (χ0) is 25.6. The number of para-hydroxylation sites is 1. The molecule has 0 aromatic heterocycles. The number of benzene rings is 2. The fourth-order valence-electron chi connectivity index (χ4n) is 6.67. The van der Waals surface area contributed by atoms with E-state index in [2.05, 4.69) is 4.74 Å². The van der Waals surface area contributed by atoms with E-state index in [1.807, 2.05) is 0 Å². The van der Waals surface area contributed by atoms with E-state index in [1.54, 1.807) is 44.2 Å². The molecule has 4 aliphatic carbocycles. The van der Waals surface area contributed by atoms with Crippen LogP contribution < -0.4 is 14.2 Å². The molecular formula is C28H31F3O5. The number of alkyl halides is 3. The van der Waals surface area contributed by atoms with Crippen molar-refractivity contribution in [3.05, 3.63) is 54.1 Å². The van der Waals surface area contributed by atoms with Crippen LogP contribution in [-0.4, -0.2) is 24.7 Å². The average molecular weight is 505 g/mol. The quantitative estimate of drug-likeness (QED) is 0.217. The van der Waals surface area contributed by atoms with Gasteiger partial charge in [0.25, 0.3) is 0 Å². The van der Waals surface area contributed by atoms with Gasteiger partial charge in [-0.3, -0.25) is 0 Å². The first-order chi connectivity index (χ1) is 17.0. The maximum Gasteiger partial charge on any atom is 0.573 e. The molecule has 0 N–H and O–H groups in total. The predicted molar refractivity (Wildman–Crippen MR) is 126 cm³/mol. The van der Waals surface area contributed by atoms with Crippen LogP contribution in [0.3, 0.4) is 0 Å². The van der Waals surface area contributed by atoms with Crippen molar-refractivity contribution in [3.63, 3.8) is 0 Å². The first-order valence-corrected chi connectivity index (χ1v) is 12.5. The van der Waals surface area contributed by atoms with E-state index in [0.29, 0.717) is 12.4 Å². The van der Waals surface area contributed by atoms with Crippen molar-refractivity contribution in [1.29, 1.82) is 0 Å². The van der Waals surface area contributed by atoms with Crippen LogP contribution in [0.25, 0.3) is 0 Å². The van der Waals surface area contributed by atoms with E-state index in [1.165, 1.54) is 31.4 Å². The molecule has 8 heteroatoms. The summed E-state index contributed by atoms with van der Waals surface area (Å²) in [4.78, 5) is 12.6. The van der Waals surface area contributed by atoms with Gasteiger partial charge in [-0.1, -0.05) is 18.2 Å². The SMILES string of the molecule is CC(C)(OCC12CC3CC(CC(C3)C1)C2)Oc1cc(C(=O)Oc2ccccc2)ccc1OC(F)(F)F. The van der Waals surface area contributed by atoms with Gasteiger partial charge in [-0.15, -0.1) is 13.2 Å². The number of rotatable bonds is 8. The molecule has 36 heavy (non-hydrogen) atoms. The molecule has 4 aliphatic rings. The third-order valence-electron chi connectivity index (χ3n) is 7.61. The Labute approximate surface area is 208 Å². The van der Waals surface area contributed by atoms with Crippen LogP contribution in [-0.2, 0) is 4.74 Å². The van der Waals surface area contributed by atoms with E-state index >= 15 is 0 Å². The number of carbonyl (C=O) groups excluding carboxylic acids is 1.